The smallest absolute Gasteiger partial charge is 0.337 e. The minimum atomic E-state index is -3.18. The van der Waals surface area contributed by atoms with Gasteiger partial charge in [0.15, 0.2) is 9.84 Å². The number of methoxy groups -OCH3 is 1. The van der Waals surface area contributed by atoms with E-state index in [1.54, 1.807) is 24.3 Å². The van der Waals surface area contributed by atoms with Crippen LogP contribution in [-0.2, 0) is 14.6 Å². The monoisotopic (exact) mass is 285 g/mol. The number of ether oxygens (including phenoxy) is 1. The Balaban J connectivity index is 2.06. The number of sulfone groups is 1. The Morgan fingerprint density at radius 2 is 1.95 bits per heavy atom. The number of aliphatic hydroxyl groups excluding tert-OH is 1. The molecule has 1 fully saturated rings. The standard InChI is InChI=1S/C12H15NO5S/c1-18-12(15)8-2-4-9(5-3-8)13-10-6-19(16,17)7-11(10)14/h2-5,10-11,13-14H,6-7H2,1H3. The van der Waals surface area contributed by atoms with Gasteiger partial charge in [0, 0.05) is 5.69 Å². The summed E-state index contributed by atoms with van der Waals surface area (Å²) in [7, 11) is -1.88. The molecule has 1 heterocycles. The van der Waals surface area contributed by atoms with Crippen molar-refractivity contribution in [3.63, 3.8) is 0 Å². The first-order valence-electron chi connectivity index (χ1n) is 5.75. The Hall–Kier alpha value is -1.60. The van der Waals surface area contributed by atoms with Gasteiger partial charge in [-0.1, -0.05) is 0 Å². The lowest BCUT2D eigenvalue weighted by atomic mass is 10.1. The third kappa shape index (κ3) is 3.24. The molecule has 1 aromatic rings. The molecule has 1 aliphatic rings. The van der Waals surface area contributed by atoms with E-state index < -0.39 is 28.0 Å². The Morgan fingerprint density at radius 3 is 2.42 bits per heavy atom. The third-order valence-electron chi connectivity index (χ3n) is 2.98. The molecule has 0 saturated carbocycles. The van der Waals surface area contributed by atoms with E-state index in [0.717, 1.165) is 0 Å². The van der Waals surface area contributed by atoms with Gasteiger partial charge in [-0.3, -0.25) is 0 Å². The Kier molecular flexibility index (Phi) is 3.77. The Labute approximate surface area is 111 Å². The second-order valence-corrected chi connectivity index (χ2v) is 6.62. The minimum absolute atomic E-state index is 0.0904. The molecule has 0 radical (unpaired) electrons. The van der Waals surface area contributed by atoms with Gasteiger partial charge >= 0.3 is 5.97 Å². The van der Waals surface area contributed by atoms with Gasteiger partial charge in [-0.15, -0.1) is 0 Å². The third-order valence-corrected chi connectivity index (χ3v) is 4.70. The molecule has 2 rings (SSSR count). The molecule has 2 atom stereocenters. The first kappa shape index (κ1) is 13.8. The summed E-state index contributed by atoms with van der Waals surface area (Å²) in [4.78, 5) is 11.2. The van der Waals surface area contributed by atoms with Crippen molar-refractivity contribution in [2.24, 2.45) is 0 Å². The molecule has 0 spiro atoms. The molecule has 104 valence electrons. The van der Waals surface area contributed by atoms with Crippen LogP contribution in [0.3, 0.4) is 0 Å². The highest BCUT2D eigenvalue weighted by molar-refractivity contribution is 7.91. The zero-order valence-electron chi connectivity index (χ0n) is 10.4. The van der Waals surface area contributed by atoms with E-state index in [4.69, 9.17) is 0 Å². The summed E-state index contributed by atoms with van der Waals surface area (Å²) in [5.41, 5.74) is 1.06. The predicted molar refractivity (Wildman–Crippen MR) is 69.9 cm³/mol. The highest BCUT2D eigenvalue weighted by Gasteiger charge is 2.36. The SMILES string of the molecule is COC(=O)c1ccc(NC2CS(=O)(=O)CC2O)cc1. The van der Waals surface area contributed by atoms with Crippen molar-refractivity contribution < 1.29 is 23.1 Å². The Bertz CT molecular complexity index is 566. The van der Waals surface area contributed by atoms with E-state index in [-0.39, 0.29) is 11.5 Å². The van der Waals surface area contributed by atoms with Gasteiger partial charge in [0.25, 0.3) is 0 Å². The maximum absolute atomic E-state index is 11.4. The van der Waals surface area contributed by atoms with Crippen LogP contribution in [0.4, 0.5) is 5.69 Å². The van der Waals surface area contributed by atoms with Gasteiger partial charge in [-0.05, 0) is 24.3 Å². The molecular weight excluding hydrogens is 270 g/mol. The second kappa shape index (κ2) is 5.18. The lowest BCUT2D eigenvalue weighted by Gasteiger charge is -2.16. The maximum atomic E-state index is 11.4. The fourth-order valence-corrected chi connectivity index (χ4v) is 3.74. The molecule has 0 bridgehead atoms. The molecular formula is C12H15NO5S. The van der Waals surface area contributed by atoms with E-state index in [0.29, 0.717) is 11.3 Å². The lowest BCUT2D eigenvalue weighted by Crippen LogP contribution is -2.31. The highest BCUT2D eigenvalue weighted by Crippen LogP contribution is 2.18. The molecule has 7 heteroatoms. The number of rotatable bonds is 3. The maximum Gasteiger partial charge on any atom is 0.337 e. The van der Waals surface area contributed by atoms with Crippen LogP contribution in [0.15, 0.2) is 24.3 Å². The molecule has 0 amide bonds. The summed E-state index contributed by atoms with van der Waals surface area (Å²) < 4.78 is 27.3. The van der Waals surface area contributed by atoms with Crippen molar-refractivity contribution in [3.05, 3.63) is 29.8 Å². The van der Waals surface area contributed by atoms with Crippen LogP contribution in [0, 0.1) is 0 Å². The summed E-state index contributed by atoms with van der Waals surface area (Å²) in [6.07, 6.45) is -0.912. The Morgan fingerprint density at radius 1 is 1.32 bits per heavy atom. The van der Waals surface area contributed by atoms with Crippen molar-refractivity contribution in [3.8, 4) is 0 Å². The number of esters is 1. The molecule has 1 aliphatic heterocycles. The van der Waals surface area contributed by atoms with Crippen LogP contribution in [-0.4, -0.2) is 50.3 Å². The fourth-order valence-electron chi connectivity index (χ4n) is 2.00. The number of aliphatic hydroxyl groups is 1. The average molecular weight is 285 g/mol. The van der Waals surface area contributed by atoms with Crippen molar-refractivity contribution in [2.45, 2.75) is 12.1 Å². The fraction of sp³-hybridized carbons (Fsp3) is 0.417. The zero-order valence-corrected chi connectivity index (χ0v) is 11.2. The summed E-state index contributed by atoms with van der Waals surface area (Å²) in [5.74, 6) is -0.743. The van der Waals surface area contributed by atoms with Crippen molar-refractivity contribution in [1.29, 1.82) is 0 Å². The number of hydrogen-bond donors (Lipinski definition) is 2. The van der Waals surface area contributed by atoms with E-state index in [9.17, 15) is 18.3 Å². The van der Waals surface area contributed by atoms with E-state index in [2.05, 4.69) is 10.1 Å². The van der Waals surface area contributed by atoms with E-state index >= 15 is 0 Å². The number of anilines is 1. The normalized spacial score (nSPS) is 24.9. The van der Waals surface area contributed by atoms with Gasteiger partial charge in [-0.2, -0.15) is 0 Å². The van der Waals surface area contributed by atoms with E-state index in [1.807, 2.05) is 0 Å². The molecule has 6 nitrogen and oxygen atoms in total. The summed E-state index contributed by atoms with van der Waals surface area (Å²) in [6, 6.07) is 5.91. The molecule has 1 saturated heterocycles. The van der Waals surface area contributed by atoms with Gasteiger partial charge < -0.3 is 15.2 Å². The van der Waals surface area contributed by atoms with Crippen LogP contribution in [0.2, 0.25) is 0 Å². The van der Waals surface area contributed by atoms with Gasteiger partial charge in [0.2, 0.25) is 0 Å². The summed E-state index contributed by atoms with van der Waals surface area (Å²) >= 11 is 0. The molecule has 0 aliphatic carbocycles. The van der Waals surface area contributed by atoms with Gasteiger partial charge in [0.1, 0.15) is 0 Å². The predicted octanol–water partition coefficient (Wildman–Crippen LogP) is 0.0430. The van der Waals surface area contributed by atoms with Crippen LogP contribution in [0.5, 0.6) is 0 Å². The van der Waals surface area contributed by atoms with Crippen LogP contribution < -0.4 is 5.32 Å². The van der Waals surface area contributed by atoms with Gasteiger partial charge in [0.05, 0.1) is 36.3 Å². The second-order valence-electron chi connectivity index (χ2n) is 4.46. The first-order chi connectivity index (χ1) is 8.91. The van der Waals surface area contributed by atoms with Gasteiger partial charge in [-0.25, -0.2) is 13.2 Å². The molecule has 19 heavy (non-hydrogen) atoms. The topological polar surface area (TPSA) is 92.7 Å². The zero-order chi connectivity index (χ0) is 14.0. The number of hydrogen-bond acceptors (Lipinski definition) is 6. The lowest BCUT2D eigenvalue weighted by molar-refractivity contribution is 0.0600. The minimum Gasteiger partial charge on any atom is -0.465 e. The summed E-state index contributed by atoms with van der Waals surface area (Å²) in [5, 5.41) is 12.6. The largest absolute Gasteiger partial charge is 0.465 e. The molecule has 2 N–H and O–H groups in total. The van der Waals surface area contributed by atoms with Crippen molar-refractivity contribution in [2.75, 3.05) is 23.9 Å². The van der Waals surface area contributed by atoms with E-state index in [1.165, 1.54) is 7.11 Å². The quantitative estimate of drug-likeness (QED) is 0.762. The highest BCUT2D eigenvalue weighted by atomic mass is 32.2. The molecule has 0 aromatic heterocycles. The molecule has 1 aromatic carbocycles. The van der Waals surface area contributed by atoms with Crippen LogP contribution >= 0.6 is 0 Å². The number of carbonyl (C=O) groups is 1. The number of benzene rings is 1. The molecule has 2 unspecified atom stereocenters. The first-order valence-corrected chi connectivity index (χ1v) is 7.57. The number of nitrogens with one attached hydrogen (secondary N) is 1. The summed E-state index contributed by atoms with van der Waals surface area (Å²) in [6.45, 7) is 0. The van der Waals surface area contributed by atoms with Crippen molar-refractivity contribution >= 4 is 21.5 Å². The van der Waals surface area contributed by atoms with Crippen LogP contribution in [0.1, 0.15) is 10.4 Å². The van der Waals surface area contributed by atoms with Crippen LogP contribution in [0.25, 0.3) is 0 Å². The average Bonchev–Trinajstić information content (AvgIpc) is 2.62. The number of carbonyl (C=O) groups excluding carboxylic acids is 1. The van der Waals surface area contributed by atoms with Crippen molar-refractivity contribution in [1.82, 2.24) is 0 Å².